The van der Waals surface area contributed by atoms with Crippen molar-refractivity contribution < 1.29 is 4.39 Å². The first-order valence-corrected chi connectivity index (χ1v) is 5.16. The molecule has 0 heterocycles. The van der Waals surface area contributed by atoms with E-state index < -0.39 is 0 Å². The fraction of sp³-hybridized carbons (Fsp3) is 0.455. The fourth-order valence-electron chi connectivity index (χ4n) is 1.33. The van der Waals surface area contributed by atoms with Crippen LogP contribution in [0.15, 0.2) is 18.2 Å². The van der Waals surface area contributed by atoms with E-state index >= 15 is 0 Å². The Bertz CT molecular complexity index is 347. The average Bonchev–Trinajstić information content (AvgIpc) is 2.87. The Morgan fingerprint density at radius 1 is 1.50 bits per heavy atom. The van der Waals surface area contributed by atoms with Crippen molar-refractivity contribution in [1.29, 1.82) is 0 Å². The zero-order valence-corrected chi connectivity index (χ0v) is 8.87. The van der Waals surface area contributed by atoms with Crippen molar-refractivity contribution in [2.45, 2.75) is 31.8 Å². The highest BCUT2D eigenvalue weighted by molar-refractivity contribution is 6.30. The van der Waals surface area contributed by atoms with E-state index in [4.69, 9.17) is 11.6 Å². The van der Waals surface area contributed by atoms with Gasteiger partial charge in [0.1, 0.15) is 5.82 Å². The number of benzene rings is 1. The summed E-state index contributed by atoms with van der Waals surface area (Å²) in [7, 11) is 0. The SMILES string of the molecule is CC1(NCc2ccc(F)c(Cl)c2)CC1. The Morgan fingerprint density at radius 3 is 2.79 bits per heavy atom. The van der Waals surface area contributed by atoms with Gasteiger partial charge in [0.15, 0.2) is 0 Å². The van der Waals surface area contributed by atoms with Crippen molar-refractivity contribution in [3.05, 3.63) is 34.6 Å². The summed E-state index contributed by atoms with van der Waals surface area (Å²) in [6, 6.07) is 4.85. The first kappa shape index (κ1) is 9.94. The molecular weight excluding hydrogens is 201 g/mol. The molecule has 1 N–H and O–H groups in total. The van der Waals surface area contributed by atoms with Crippen LogP contribution in [-0.4, -0.2) is 5.54 Å². The molecule has 1 aromatic carbocycles. The molecule has 76 valence electrons. The predicted molar refractivity (Wildman–Crippen MR) is 55.9 cm³/mol. The molecule has 0 unspecified atom stereocenters. The van der Waals surface area contributed by atoms with Crippen LogP contribution in [0.4, 0.5) is 4.39 Å². The Morgan fingerprint density at radius 2 is 2.21 bits per heavy atom. The highest BCUT2D eigenvalue weighted by atomic mass is 35.5. The van der Waals surface area contributed by atoms with Gasteiger partial charge < -0.3 is 5.32 Å². The monoisotopic (exact) mass is 213 g/mol. The van der Waals surface area contributed by atoms with Crippen LogP contribution in [0.2, 0.25) is 5.02 Å². The quantitative estimate of drug-likeness (QED) is 0.814. The van der Waals surface area contributed by atoms with Crippen molar-refractivity contribution >= 4 is 11.6 Å². The lowest BCUT2D eigenvalue weighted by Crippen LogP contribution is -2.26. The maximum atomic E-state index is 12.8. The van der Waals surface area contributed by atoms with Gasteiger partial charge in [-0.2, -0.15) is 0 Å². The largest absolute Gasteiger partial charge is 0.307 e. The van der Waals surface area contributed by atoms with Crippen LogP contribution >= 0.6 is 11.6 Å². The molecule has 1 aliphatic rings. The first-order valence-electron chi connectivity index (χ1n) is 4.78. The third-order valence-electron chi connectivity index (χ3n) is 2.70. The topological polar surface area (TPSA) is 12.0 Å². The normalized spacial score (nSPS) is 18.2. The highest BCUT2D eigenvalue weighted by Gasteiger charge is 2.36. The number of halogens is 2. The minimum Gasteiger partial charge on any atom is -0.307 e. The molecule has 1 nitrogen and oxygen atoms in total. The second-order valence-corrected chi connectivity index (χ2v) is 4.57. The van der Waals surface area contributed by atoms with Crippen molar-refractivity contribution in [1.82, 2.24) is 5.32 Å². The molecule has 1 saturated carbocycles. The minimum atomic E-state index is -0.354. The van der Waals surface area contributed by atoms with Gasteiger partial charge >= 0.3 is 0 Å². The lowest BCUT2D eigenvalue weighted by Gasteiger charge is -2.11. The summed E-state index contributed by atoms with van der Waals surface area (Å²) in [5.41, 5.74) is 1.34. The Kier molecular flexibility index (Phi) is 2.50. The van der Waals surface area contributed by atoms with Gasteiger partial charge in [0, 0.05) is 12.1 Å². The van der Waals surface area contributed by atoms with Gasteiger partial charge in [0.25, 0.3) is 0 Å². The van der Waals surface area contributed by atoms with E-state index in [2.05, 4.69) is 12.2 Å². The number of hydrogen-bond acceptors (Lipinski definition) is 1. The molecule has 0 amide bonds. The van der Waals surface area contributed by atoms with E-state index in [0.717, 1.165) is 12.1 Å². The van der Waals surface area contributed by atoms with Crippen LogP contribution in [-0.2, 0) is 6.54 Å². The summed E-state index contributed by atoms with van der Waals surface area (Å²) in [5.74, 6) is -0.354. The van der Waals surface area contributed by atoms with Crippen LogP contribution in [0.25, 0.3) is 0 Å². The minimum absolute atomic E-state index is 0.199. The summed E-state index contributed by atoms with van der Waals surface area (Å²) in [6.07, 6.45) is 2.45. The average molecular weight is 214 g/mol. The zero-order valence-electron chi connectivity index (χ0n) is 8.11. The van der Waals surface area contributed by atoms with Gasteiger partial charge in [-0.25, -0.2) is 4.39 Å². The van der Waals surface area contributed by atoms with Gasteiger partial charge in [-0.05, 0) is 37.5 Å². The molecule has 0 aromatic heterocycles. The van der Waals surface area contributed by atoms with Crippen LogP contribution < -0.4 is 5.32 Å². The molecule has 3 heteroatoms. The summed E-state index contributed by atoms with van der Waals surface area (Å²) in [5, 5.41) is 3.61. The summed E-state index contributed by atoms with van der Waals surface area (Å²) in [4.78, 5) is 0. The van der Waals surface area contributed by atoms with E-state index in [1.165, 1.54) is 18.9 Å². The van der Waals surface area contributed by atoms with Gasteiger partial charge in [-0.3, -0.25) is 0 Å². The second kappa shape index (κ2) is 3.52. The van der Waals surface area contributed by atoms with Gasteiger partial charge in [-0.15, -0.1) is 0 Å². The predicted octanol–water partition coefficient (Wildman–Crippen LogP) is 3.12. The van der Waals surface area contributed by atoms with Crippen LogP contribution in [0.5, 0.6) is 0 Å². The smallest absolute Gasteiger partial charge is 0.141 e. The molecule has 1 aromatic rings. The lowest BCUT2D eigenvalue weighted by atomic mass is 10.2. The summed E-state index contributed by atoms with van der Waals surface area (Å²) in [6.45, 7) is 2.95. The van der Waals surface area contributed by atoms with Crippen LogP contribution in [0.3, 0.4) is 0 Å². The summed E-state index contributed by atoms with van der Waals surface area (Å²) >= 11 is 5.68. The van der Waals surface area contributed by atoms with Gasteiger partial charge in [-0.1, -0.05) is 17.7 Å². The van der Waals surface area contributed by atoms with Crippen LogP contribution in [0, 0.1) is 5.82 Å². The number of hydrogen-bond donors (Lipinski definition) is 1. The lowest BCUT2D eigenvalue weighted by molar-refractivity contribution is 0.537. The van der Waals surface area contributed by atoms with Crippen LogP contribution in [0.1, 0.15) is 25.3 Å². The van der Waals surface area contributed by atoms with Crippen molar-refractivity contribution in [2.24, 2.45) is 0 Å². The molecule has 0 aliphatic heterocycles. The van der Waals surface area contributed by atoms with Crippen molar-refractivity contribution in [3.63, 3.8) is 0 Å². The summed E-state index contributed by atoms with van der Waals surface area (Å²) < 4.78 is 12.8. The maximum Gasteiger partial charge on any atom is 0.141 e. The standard InChI is InChI=1S/C11H13ClFN/c1-11(4-5-11)14-7-8-2-3-10(13)9(12)6-8/h2-3,6,14H,4-5,7H2,1H3. The van der Waals surface area contributed by atoms with E-state index in [1.807, 2.05) is 0 Å². The Hall–Kier alpha value is -0.600. The first-order chi connectivity index (χ1) is 6.59. The third kappa shape index (κ3) is 2.25. The van der Waals surface area contributed by atoms with E-state index in [0.29, 0.717) is 5.54 Å². The highest BCUT2D eigenvalue weighted by Crippen LogP contribution is 2.34. The van der Waals surface area contributed by atoms with Crippen molar-refractivity contribution in [2.75, 3.05) is 0 Å². The van der Waals surface area contributed by atoms with Gasteiger partial charge in [0.05, 0.1) is 5.02 Å². The van der Waals surface area contributed by atoms with E-state index in [1.54, 1.807) is 12.1 Å². The number of rotatable bonds is 3. The van der Waals surface area contributed by atoms with Crippen molar-refractivity contribution in [3.8, 4) is 0 Å². The maximum absolute atomic E-state index is 12.8. The molecule has 0 spiro atoms. The van der Waals surface area contributed by atoms with E-state index in [-0.39, 0.29) is 10.8 Å². The van der Waals surface area contributed by atoms with E-state index in [9.17, 15) is 4.39 Å². The molecule has 1 fully saturated rings. The zero-order chi connectivity index (χ0) is 10.2. The molecular formula is C11H13ClFN. The molecule has 2 rings (SSSR count). The van der Waals surface area contributed by atoms with Gasteiger partial charge in [0.2, 0.25) is 0 Å². The molecule has 1 aliphatic carbocycles. The Balaban J connectivity index is 1.99. The molecule has 0 atom stereocenters. The Labute approximate surface area is 88.3 Å². The fourth-order valence-corrected chi connectivity index (χ4v) is 1.53. The second-order valence-electron chi connectivity index (χ2n) is 4.16. The molecule has 0 bridgehead atoms. The molecule has 0 saturated heterocycles. The third-order valence-corrected chi connectivity index (χ3v) is 2.99. The number of nitrogens with one attached hydrogen (secondary N) is 1. The molecule has 0 radical (unpaired) electrons. The molecule has 14 heavy (non-hydrogen) atoms.